The Morgan fingerprint density at radius 2 is 1.93 bits per heavy atom. The molecular formula is C14H20O. The minimum Gasteiger partial charge on any atom is -0.381 e. The average Bonchev–Trinajstić information content (AvgIpc) is 2.24. The van der Waals surface area contributed by atoms with Gasteiger partial charge < -0.3 is 4.74 Å². The second-order valence-electron chi connectivity index (χ2n) is 3.91. The molecule has 0 radical (unpaired) electrons. The third kappa shape index (κ3) is 6.08. The summed E-state index contributed by atoms with van der Waals surface area (Å²) in [6.45, 7) is 7.53. The molecule has 0 bridgehead atoms. The molecule has 0 aliphatic rings. The van der Waals surface area contributed by atoms with Gasteiger partial charge in [0.15, 0.2) is 0 Å². The largest absolute Gasteiger partial charge is 0.381 e. The molecule has 0 aromatic heterocycles. The Labute approximate surface area is 92.8 Å². The van der Waals surface area contributed by atoms with E-state index in [-0.39, 0.29) is 0 Å². The van der Waals surface area contributed by atoms with Gasteiger partial charge in [0.05, 0.1) is 6.61 Å². The maximum Gasteiger partial charge on any atom is 0.0502 e. The quantitative estimate of drug-likeness (QED) is 0.487. The highest BCUT2D eigenvalue weighted by Gasteiger charge is 1.92. The molecule has 0 aliphatic heterocycles. The lowest BCUT2D eigenvalue weighted by atomic mass is 10.1. The molecule has 0 heterocycles. The third-order valence-corrected chi connectivity index (χ3v) is 2.27. The first-order valence-electron chi connectivity index (χ1n) is 5.55. The van der Waals surface area contributed by atoms with Crippen LogP contribution in [-0.4, -0.2) is 13.2 Å². The number of benzene rings is 1. The highest BCUT2D eigenvalue weighted by Crippen LogP contribution is 2.03. The zero-order valence-electron chi connectivity index (χ0n) is 9.54. The first-order chi connectivity index (χ1) is 7.29. The van der Waals surface area contributed by atoms with E-state index in [0.29, 0.717) is 0 Å². The summed E-state index contributed by atoms with van der Waals surface area (Å²) in [5.74, 6) is 0. The van der Waals surface area contributed by atoms with Crippen molar-refractivity contribution in [1.82, 2.24) is 0 Å². The second-order valence-corrected chi connectivity index (χ2v) is 3.91. The summed E-state index contributed by atoms with van der Waals surface area (Å²) >= 11 is 0. The van der Waals surface area contributed by atoms with Crippen molar-refractivity contribution in [2.75, 3.05) is 13.2 Å². The number of rotatable bonds is 7. The highest BCUT2D eigenvalue weighted by molar-refractivity contribution is 5.14. The average molecular weight is 204 g/mol. The van der Waals surface area contributed by atoms with Gasteiger partial charge in [0.1, 0.15) is 0 Å². The van der Waals surface area contributed by atoms with E-state index < -0.39 is 0 Å². The van der Waals surface area contributed by atoms with Crippen molar-refractivity contribution in [1.29, 1.82) is 0 Å². The predicted octanol–water partition coefficient (Wildman–Crippen LogP) is 3.60. The topological polar surface area (TPSA) is 9.23 Å². The summed E-state index contributed by atoms with van der Waals surface area (Å²) in [5.41, 5.74) is 2.58. The van der Waals surface area contributed by atoms with Gasteiger partial charge in [-0.2, -0.15) is 0 Å². The minimum absolute atomic E-state index is 0.810. The van der Waals surface area contributed by atoms with Crippen LogP contribution in [0.1, 0.15) is 25.3 Å². The van der Waals surface area contributed by atoms with E-state index >= 15 is 0 Å². The van der Waals surface area contributed by atoms with E-state index in [1.54, 1.807) is 0 Å². The molecule has 0 saturated carbocycles. The standard InChI is InChI=1S/C14H20O/c1-13(2)10-12-15-11-6-9-14-7-4-3-5-8-14/h3-5,7-8H,1,6,9-12H2,2H3. The van der Waals surface area contributed by atoms with Crippen LogP contribution in [0.4, 0.5) is 0 Å². The summed E-state index contributed by atoms with van der Waals surface area (Å²) in [6, 6.07) is 10.5. The summed E-state index contributed by atoms with van der Waals surface area (Å²) < 4.78 is 5.51. The van der Waals surface area contributed by atoms with Gasteiger partial charge in [0, 0.05) is 6.61 Å². The van der Waals surface area contributed by atoms with Crippen LogP contribution in [0.25, 0.3) is 0 Å². The third-order valence-electron chi connectivity index (χ3n) is 2.27. The Kier molecular flexibility index (Phi) is 5.79. The van der Waals surface area contributed by atoms with Crippen LogP contribution in [-0.2, 0) is 11.2 Å². The number of hydrogen-bond donors (Lipinski definition) is 0. The Hall–Kier alpha value is -1.08. The van der Waals surface area contributed by atoms with Gasteiger partial charge in [-0.1, -0.05) is 35.9 Å². The normalized spacial score (nSPS) is 10.2. The van der Waals surface area contributed by atoms with E-state index in [9.17, 15) is 0 Å². The summed E-state index contributed by atoms with van der Waals surface area (Å²) in [5, 5.41) is 0. The molecule has 1 heteroatoms. The van der Waals surface area contributed by atoms with E-state index in [4.69, 9.17) is 4.74 Å². The molecule has 0 spiro atoms. The SMILES string of the molecule is C=C(C)CCOCCCc1ccccc1. The molecule has 0 N–H and O–H groups in total. The number of aryl methyl sites for hydroxylation is 1. The van der Waals surface area contributed by atoms with Crippen molar-refractivity contribution in [3.05, 3.63) is 48.0 Å². The lowest BCUT2D eigenvalue weighted by Crippen LogP contribution is -1.98. The molecule has 1 aromatic rings. The molecule has 0 unspecified atom stereocenters. The molecule has 0 aliphatic carbocycles. The fraction of sp³-hybridized carbons (Fsp3) is 0.429. The maximum atomic E-state index is 5.51. The van der Waals surface area contributed by atoms with Gasteiger partial charge in [-0.05, 0) is 31.7 Å². The summed E-state index contributed by atoms with van der Waals surface area (Å²) in [7, 11) is 0. The number of ether oxygens (including phenoxy) is 1. The van der Waals surface area contributed by atoms with Crippen molar-refractivity contribution < 1.29 is 4.74 Å². The Morgan fingerprint density at radius 1 is 1.20 bits per heavy atom. The molecule has 1 nitrogen and oxygen atoms in total. The van der Waals surface area contributed by atoms with Crippen LogP contribution in [0.15, 0.2) is 42.5 Å². The van der Waals surface area contributed by atoms with Crippen molar-refractivity contribution in [3.8, 4) is 0 Å². The molecule has 82 valence electrons. The highest BCUT2D eigenvalue weighted by atomic mass is 16.5. The molecule has 0 amide bonds. The molecule has 0 fully saturated rings. The molecule has 15 heavy (non-hydrogen) atoms. The molecular weight excluding hydrogens is 184 g/mol. The summed E-state index contributed by atoms with van der Waals surface area (Å²) in [4.78, 5) is 0. The Bertz CT molecular complexity index is 277. The Morgan fingerprint density at radius 3 is 2.60 bits per heavy atom. The van der Waals surface area contributed by atoms with Gasteiger partial charge in [-0.3, -0.25) is 0 Å². The smallest absolute Gasteiger partial charge is 0.0502 e. The molecule has 0 atom stereocenters. The lowest BCUT2D eigenvalue weighted by Gasteiger charge is -2.04. The van der Waals surface area contributed by atoms with Gasteiger partial charge in [-0.25, -0.2) is 0 Å². The zero-order valence-corrected chi connectivity index (χ0v) is 9.54. The van der Waals surface area contributed by atoms with Crippen LogP contribution < -0.4 is 0 Å². The van der Waals surface area contributed by atoms with E-state index in [1.165, 1.54) is 11.1 Å². The van der Waals surface area contributed by atoms with Crippen LogP contribution in [0, 0.1) is 0 Å². The zero-order chi connectivity index (χ0) is 10.9. The fourth-order valence-corrected chi connectivity index (χ4v) is 1.37. The van der Waals surface area contributed by atoms with Gasteiger partial charge >= 0.3 is 0 Å². The Balaban J connectivity index is 2.00. The van der Waals surface area contributed by atoms with Crippen molar-refractivity contribution in [3.63, 3.8) is 0 Å². The van der Waals surface area contributed by atoms with E-state index in [1.807, 2.05) is 13.0 Å². The lowest BCUT2D eigenvalue weighted by molar-refractivity contribution is 0.135. The minimum atomic E-state index is 0.810. The van der Waals surface area contributed by atoms with Crippen LogP contribution in [0.5, 0.6) is 0 Å². The maximum absolute atomic E-state index is 5.51. The van der Waals surface area contributed by atoms with E-state index in [2.05, 4.69) is 30.8 Å². The monoisotopic (exact) mass is 204 g/mol. The van der Waals surface area contributed by atoms with Gasteiger partial charge in [0.25, 0.3) is 0 Å². The molecule has 0 saturated heterocycles. The predicted molar refractivity (Wildman–Crippen MR) is 65.0 cm³/mol. The first-order valence-corrected chi connectivity index (χ1v) is 5.55. The van der Waals surface area contributed by atoms with Crippen molar-refractivity contribution >= 4 is 0 Å². The summed E-state index contributed by atoms with van der Waals surface area (Å²) in [6.07, 6.45) is 3.18. The van der Waals surface area contributed by atoms with Crippen molar-refractivity contribution in [2.45, 2.75) is 26.2 Å². The fourth-order valence-electron chi connectivity index (χ4n) is 1.37. The van der Waals surface area contributed by atoms with Crippen LogP contribution in [0.2, 0.25) is 0 Å². The van der Waals surface area contributed by atoms with Gasteiger partial charge in [0.2, 0.25) is 0 Å². The molecule has 1 aromatic carbocycles. The van der Waals surface area contributed by atoms with E-state index in [0.717, 1.165) is 32.5 Å². The van der Waals surface area contributed by atoms with Gasteiger partial charge in [-0.15, -0.1) is 6.58 Å². The first kappa shape index (κ1) is 12.0. The number of hydrogen-bond acceptors (Lipinski definition) is 1. The van der Waals surface area contributed by atoms with Crippen LogP contribution >= 0.6 is 0 Å². The second kappa shape index (κ2) is 7.24. The molecule has 1 rings (SSSR count). The van der Waals surface area contributed by atoms with Crippen molar-refractivity contribution in [2.24, 2.45) is 0 Å². The van der Waals surface area contributed by atoms with Crippen LogP contribution in [0.3, 0.4) is 0 Å².